The minimum Gasteiger partial charge on any atom is -0.371 e. The molecule has 1 atom stereocenters. The molecule has 1 fully saturated rings. The Kier molecular flexibility index (Phi) is 2.38. The summed E-state index contributed by atoms with van der Waals surface area (Å²) in [5, 5.41) is 0. The lowest BCUT2D eigenvalue weighted by atomic mass is 9.99. The highest BCUT2D eigenvalue weighted by atomic mass is 16.1. The summed E-state index contributed by atoms with van der Waals surface area (Å²) in [7, 11) is 0. The summed E-state index contributed by atoms with van der Waals surface area (Å²) in [6, 6.07) is 0.514. The van der Waals surface area contributed by atoms with Crippen LogP contribution in [0.1, 0.15) is 39.0 Å². The summed E-state index contributed by atoms with van der Waals surface area (Å²) in [5.74, 6) is 0.339. The number of carbonyl (C=O) groups excluding carboxylic acids is 1. The highest BCUT2D eigenvalue weighted by Crippen LogP contribution is 2.30. The average molecular weight is 179 g/mol. The summed E-state index contributed by atoms with van der Waals surface area (Å²) >= 11 is 0. The largest absolute Gasteiger partial charge is 0.371 e. The van der Waals surface area contributed by atoms with Gasteiger partial charge in [-0.2, -0.15) is 0 Å². The quantitative estimate of drug-likeness (QED) is 0.647. The van der Waals surface area contributed by atoms with Crippen LogP contribution in [0.25, 0.3) is 0 Å². The number of rotatable bonds is 2. The number of hydrogen-bond acceptors (Lipinski definition) is 2. The van der Waals surface area contributed by atoms with Crippen LogP contribution in [0.4, 0.5) is 0 Å². The molecule has 0 aromatic rings. The van der Waals surface area contributed by atoms with Crippen molar-refractivity contribution in [3.63, 3.8) is 0 Å². The van der Waals surface area contributed by atoms with E-state index >= 15 is 0 Å². The van der Waals surface area contributed by atoms with Crippen LogP contribution in [0.5, 0.6) is 0 Å². The van der Waals surface area contributed by atoms with Crippen molar-refractivity contribution in [3.8, 4) is 0 Å². The molecular formula is C11H17NO. The first-order valence-electron chi connectivity index (χ1n) is 5.31. The topological polar surface area (TPSA) is 20.3 Å². The van der Waals surface area contributed by atoms with Crippen LogP contribution in [0, 0.1) is 0 Å². The zero-order chi connectivity index (χ0) is 9.26. The molecule has 2 aliphatic rings. The molecule has 0 N–H and O–H groups in total. The maximum atomic E-state index is 11.4. The van der Waals surface area contributed by atoms with E-state index in [1.165, 1.54) is 31.5 Å². The highest BCUT2D eigenvalue weighted by molar-refractivity contribution is 5.91. The maximum absolute atomic E-state index is 11.4. The van der Waals surface area contributed by atoms with E-state index in [9.17, 15) is 4.79 Å². The molecule has 2 nitrogen and oxygen atoms in total. The third kappa shape index (κ3) is 1.62. The number of hydrogen-bond donors (Lipinski definition) is 0. The molecule has 1 unspecified atom stereocenters. The van der Waals surface area contributed by atoms with Crippen LogP contribution in [0.2, 0.25) is 0 Å². The molecule has 2 aliphatic heterocycles. The van der Waals surface area contributed by atoms with E-state index in [4.69, 9.17) is 0 Å². The SMILES string of the molecule is CCCC1CC(=O)C=C2CCCN21. The first-order chi connectivity index (χ1) is 6.31. The number of carbonyl (C=O) groups is 1. The lowest BCUT2D eigenvalue weighted by Crippen LogP contribution is -2.36. The van der Waals surface area contributed by atoms with Gasteiger partial charge in [0.15, 0.2) is 5.78 Å². The minimum atomic E-state index is 0.339. The van der Waals surface area contributed by atoms with E-state index < -0.39 is 0 Å². The van der Waals surface area contributed by atoms with E-state index in [1.807, 2.05) is 6.08 Å². The van der Waals surface area contributed by atoms with Crippen molar-refractivity contribution in [2.45, 2.75) is 45.1 Å². The van der Waals surface area contributed by atoms with Crippen LogP contribution in [0.3, 0.4) is 0 Å². The number of allylic oxidation sites excluding steroid dienone is 2. The van der Waals surface area contributed by atoms with E-state index in [1.54, 1.807) is 0 Å². The average Bonchev–Trinajstić information content (AvgIpc) is 2.52. The highest BCUT2D eigenvalue weighted by Gasteiger charge is 2.29. The number of fused-ring (bicyclic) bond motifs is 1. The van der Waals surface area contributed by atoms with E-state index in [-0.39, 0.29) is 0 Å². The van der Waals surface area contributed by atoms with Gasteiger partial charge in [-0.05, 0) is 19.3 Å². The molecule has 0 spiro atoms. The molecule has 1 saturated heterocycles. The van der Waals surface area contributed by atoms with Gasteiger partial charge in [0.2, 0.25) is 0 Å². The zero-order valence-electron chi connectivity index (χ0n) is 8.25. The predicted molar refractivity (Wildman–Crippen MR) is 52.3 cm³/mol. The lowest BCUT2D eigenvalue weighted by Gasteiger charge is -2.33. The Balaban J connectivity index is 2.14. The molecule has 13 heavy (non-hydrogen) atoms. The zero-order valence-corrected chi connectivity index (χ0v) is 8.25. The summed E-state index contributed by atoms with van der Waals surface area (Å²) in [6.45, 7) is 3.36. The fourth-order valence-electron chi connectivity index (χ4n) is 2.47. The van der Waals surface area contributed by atoms with E-state index in [0.717, 1.165) is 12.8 Å². The fourth-order valence-corrected chi connectivity index (χ4v) is 2.47. The first-order valence-corrected chi connectivity index (χ1v) is 5.31. The molecule has 2 rings (SSSR count). The Hall–Kier alpha value is -0.790. The van der Waals surface area contributed by atoms with Gasteiger partial charge < -0.3 is 4.90 Å². The van der Waals surface area contributed by atoms with Gasteiger partial charge in [-0.1, -0.05) is 13.3 Å². The second-order valence-corrected chi connectivity index (χ2v) is 4.05. The van der Waals surface area contributed by atoms with E-state index in [0.29, 0.717) is 11.8 Å². The smallest absolute Gasteiger partial charge is 0.159 e. The van der Waals surface area contributed by atoms with Crippen molar-refractivity contribution in [1.82, 2.24) is 4.90 Å². The van der Waals surface area contributed by atoms with Crippen LogP contribution < -0.4 is 0 Å². The molecule has 0 aromatic heterocycles. The molecule has 0 aliphatic carbocycles. The van der Waals surface area contributed by atoms with Gasteiger partial charge in [-0.3, -0.25) is 4.79 Å². The predicted octanol–water partition coefficient (Wildman–Crippen LogP) is 2.11. The molecule has 0 aromatic carbocycles. The third-order valence-corrected chi connectivity index (χ3v) is 3.03. The maximum Gasteiger partial charge on any atom is 0.159 e. The molecule has 72 valence electrons. The first kappa shape index (κ1) is 8.79. The van der Waals surface area contributed by atoms with Crippen LogP contribution >= 0.6 is 0 Å². The summed E-state index contributed by atoms with van der Waals surface area (Å²) < 4.78 is 0. The van der Waals surface area contributed by atoms with Crippen LogP contribution in [-0.2, 0) is 4.79 Å². The number of ketones is 1. The third-order valence-electron chi connectivity index (χ3n) is 3.03. The van der Waals surface area contributed by atoms with Gasteiger partial charge in [0.05, 0.1) is 0 Å². The van der Waals surface area contributed by atoms with Gasteiger partial charge in [0, 0.05) is 30.8 Å². The van der Waals surface area contributed by atoms with Crippen molar-refractivity contribution >= 4 is 5.78 Å². The van der Waals surface area contributed by atoms with Crippen molar-refractivity contribution < 1.29 is 4.79 Å². The Labute approximate surface area is 79.6 Å². The summed E-state index contributed by atoms with van der Waals surface area (Å²) in [4.78, 5) is 13.8. The number of nitrogens with zero attached hydrogens (tertiary/aromatic N) is 1. The van der Waals surface area contributed by atoms with Gasteiger partial charge in [0.1, 0.15) is 0 Å². The summed E-state index contributed by atoms with van der Waals surface area (Å²) in [6.07, 6.45) is 7.31. The van der Waals surface area contributed by atoms with Gasteiger partial charge in [-0.25, -0.2) is 0 Å². The summed E-state index contributed by atoms with van der Waals surface area (Å²) in [5.41, 5.74) is 1.30. The Bertz CT molecular complexity index is 244. The minimum absolute atomic E-state index is 0.339. The molecule has 2 heteroatoms. The standard InChI is InChI=1S/C11H17NO/c1-2-4-9-7-11(13)8-10-5-3-6-12(9)10/h8-9H,2-7H2,1H3. The second-order valence-electron chi connectivity index (χ2n) is 4.05. The van der Waals surface area contributed by atoms with Gasteiger partial charge >= 0.3 is 0 Å². The normalized spacial score (nSPS) is 27.5. The monoisotopic (exact) mass is 179 g/mol. The molecular weight excluding hydrogens is 162 g/mol. The Morgan fingerprint density at radius 1 is 1.62 bits per heavy atom. The second kappa shape index (κ2) is 3.52. The van der Waals surface area contributed by atoms with Gasteiger partial charge in [-0.15, -0.1) is 0 Å². The molecule has 0 bridgehead atoms. The Morgan fingerprint density at radius 3 is 3.23 bits per heavy atom. The Morgan fingerprint density at radius 2 is 2.46 bits per heavy atom. The molecule has 2 heterocycles. The fraction of sp³-hybridized carbons (Fsp3) is 0.727. The van der Waals surface area contributed by atoms with E-state index in [2.05, 4.69) is 11.8 Å². The van der Waals surface area contributed by atoms with Crippen molar-refractivity contribution in [2.75, 3.05) is 6.54 Å². The van der Waals surface area contributed by atoms with Crippen LogP contribution in [0.15, 0.2) is 11.8 Å². The van der Waals surface area contributed by atoms with Crippen LogP contribution in [-0.4, -0.2) is 23.3 Å². The lowest BCUT2D eigenvalue weighted by molar-refractivity contribution is -0.116. The molecule has 0 saturated carbocycles. The van der Waals surface area contributed by atoms with Crippen molar-refractivity contribution in [3.05, 3.63) is 11.8 Å². The van der Waals surface area contributed by atoms with Crippen molar-refractivity contribution in [1.29, 1.82) is 0 Å². The molecule has 0 radical (unpaired) electrons. The molecule has 0 amide bonds. The van der Waals surface area contributed by atoms with Gasteiger partial charge in [0.25, 0.3) is 0 Å². The van der Waals surface area contributed by atoms with Crippen molar-refractivity contribution in [2.24, 2.45) is 0 Å².